The van der Waals surface area contributed by atoms with Gasteiger partial charge in [0.25, 0.3) is 0 Å². The third-order valence-electron chi connectivity index (χ3n) is 2.65. The van der Waals surface area contributed by atoms with Gasteiger partial charge in [-0.25, -0.2) is 4.98 Å². The van der Waals surface area contributed by atoms with Gasteiger partial charge in [0, 0.05) is 5.38 Å². The maximum Gasteiger partial charge on any atom is 0.114 e. The summed E-state index contributed by atoms with van der Waals surface area (Å²) in [6.45, 7) is 0. The Bertz CT molecular complexity index is 515. The summed E-state index contributed by atoms with van der Waals surface area (Å²) in [6, 6.07) is 6.47. The first kappa shape index (κ1) is 9.08. The zero-order valence-corrected chi connectivity index (χ0v) is 9.57. The highest BCUT2D eigenvalue weighted by molar-refractivity contribution is 7.14. The first-order chi connectivity index (χ1) is 7.34. The van der Waals surface area contributed by atoms with Crippen molar-refractivity contribution in [3.63, 3.8) is 0 Å². The minimum atomic E-state index is -0.236. The number of hydrogen-bond donors (Lipinski definition) is 0. The minimum Gasteiger partial charge on any atom is -0.239 e. The van der Waals surface area contributed by atoms with E-state index in [1.807, 2.05) is 11.4 Å². The molecule has 0 N–H and O–H groups in total. The summed E-state index contributed by atoms with van der Waals surface area (Å²) >= 11 is 3.30. The van der Waals surface area contributed by atoms with Gasteiger partial charge in [0.2, 0.25) is 0 Å². The fourth-order valence-corrected chi connectivity index (χ4v) is 3.32. The van der Waals surface area contributed by atoms with Crippen LogP contribution < -0.4 is 0 Å². The zero-order valence-electron chi connectivity index (χ0n) is 7.93. The molecule has 2 aromatic rings. The maximum atomic E-state index is 9.07. The number of nitrogens with zero attached hydrogens (tertiary/aromatic N) is 2. The molecule has 0 aromatic carbocycles. The van der Waals surface area contributed by atoms with Gasteiger partial charge in [-0.15, -0.1) is 22.7 Å². The quantitative estimate of drug-likeness (QED) is 0.795. The molecule has 0 aliphatic heterocycles. The predicted octanol–water partition coefficient (Wildman–Crippen LogP) is 3.43. The SMILES string of the molecule is N#CC1(c2nc(-c3cccs3)cs2)CC1. The third-order valence-corrected chi connectivity index (χ3v) is 4.59. The lowest BCUT2D eigenvalue weighted by Gasteiger charge is -1.97. The van der Waals surface area contributed by atoms with Crippen LogP contribution in [0.25, 0.3) is 10.6 Å². The highest BCUT2D eigenvalue weighted by Gasteiger charge is 2.47. The van der Waals surface area contributed by atoms with E-state index < -0.39 is 0 Å². The predicted molar refractivity (Wildman–Crippen MR) is 62.0 cm³/mol. The molecule has 0 bridgehead atoms. The second kappa shape index (κ2) is 3.16. The third kappa shape index (κ3) is 1.39. The van der Waals surface area contributed by atoms with Crippen LogP contribution in [-0.2, 0) is 5.41 Å². The summed E-state index contributed by atoms with van der Waals surface area (Å²) < 4.78 is 0. The van der Waals surface area contributed by atoms with Crippen molar-refractivity contribution in [3.8, 4) is 16.6 Å². The van der Waals surface area contributed by atoms with E-state index in [0.717, 1.165) is 23.5 Å². The van der Waals surface area contributed by atoms with E-state index in [1.54, 1.807) is 22.7 Å². The molecule has 0 unspecified atom stereocenters. The Labute approximate surface area is 95.8 Å². The van der Waals surface area contributed by atoms with Crippen molar-refractivity contribution in [1.82, 2.24) is 4.98 Å². The highest BCUT2D eigenvalue weighted by atomic mass is 32.1. The summed E-state index contributed by atoms with van der Waals surface area (Å²) in [5.74, 6) is 0. The van der Waals surface area contributed by atoms with Gasteiger partial charge in [-0.05, 0) is 24.3 Å². The van der Waals surface area contributed by atoms with Crippen LogP contribution in [0.3, 0.4) is 0 Å². The van der Waals surface area contributed by atoms with Gasteiger partial charge in [0.15, 0.2) is 0 Å². The minimum absolute atomic E-state index is 0.236. The molecule has 15 heavy (non-hydrogen) atoms. The van der Waals surface area contributed by atoms with E-state index in [-0.39, 0.29) is 5.41 Å². The lowest BCUT2D eigenvalue weighted by molar-refractivity contribution is 0.892. The lowest BCUT2D eigenvalue weighted by Crippen LogP contribution is -2.00. The Morgan fingerprint density at radius 3 is 2.87 bits per heavy atom. The van der Waals surface area contributed by atoms with Crippen LogP contribution in [0, 0.1) is 11.3 Å². The Balaban J connectivity index is 1.99. The molecule has 0 radical (unpaired) electrons. The molecule has 0 saturated heterocycles. The maximum absolute atomic E-state index is 9.07. The van der Waals surface area contributed by atoms with Crippen molar-refractivity contribution in [2.45, 2.75) is 18.3 Å². The standard InChI is InChI=1S/C11H8N2S2/c12-7-11(3-4-11)10-13-8(6-15-10)9-2-1-5-14-9/h1-2,5-6H,3-4H2. The second-order valence-electron chi connectivity index (χ2n) is 3.71. The number of nitriles is 1. The van der Waals surface area contributed by atoms with Crippen LogP contribution in [0.4, 0.5) is 0 Å². The molecule has 0 atom stereocenters. The topological polar surface area (TPSA) is 36.7 Å². The summed E-state index contributed by atoms with van der Waals surface area (Å²) in [4.78, 5) is 5.75. The molecule has 1 aliphatic carbocycles. The molecule has 1 fully saturated rings. The number of thiophene rings is 1. The molecular formula is C11H8N2S2. The van der Waals surface area contributed by atoms with Crippen LogP contribution in [0.5, 0.6) is 0 Å². The molecule has 4 heteroatoms. The average Bonchev–Trinajstić information content (AvgIpc) is 2.74. The zero-order chi connectivity index (χ0) is 10.3. The second-order valence-corrected chi connectivity index (χ2v) is 5.51. The van der Waals surface area contributed by atoms with Crippen LogP contribution >= 0.6 is 22.7 Å². The normalized spacial score (nSPS) is 17.3. The van der Waals surface area contributed by atoms with Crippen LogP contribution in [0.2, 0.25) is 0 Å². The Kier molecular flexibility index (Phi) is 1.91. The summed E-state index contributed by atoms with van der Waals surface area (Å²) in [6.07, 6.45) is 1.95. The van der Waals surface area contributed by atoms with Crippen LogP contribution in [0.1, 0.15) is 17.8 Å². The van der Waals surface area contributed by atoms with Gasteiger partial charge in [0.05, 0.1) is 16.6 Å². The monoisotopic (exact) mass is 232 g/mol. The summed E-state index contributed by atoms with van der Waals surface area (Å²) in [5, 5.41) is 14.2. The number of aromatic nitrogens is 1. The number of thiazole rings is 1. The van der Waals surface area contributed by atoms with Crippen molar-refractivity contribution in [2.75, 3.05) is 0 Å². The smallest absolute Gasteiger partial charge is 0.114 e. The van der Waals surface area contributed by atoms with E-state index in [9.17, 15) is 0 Å². The van der Waals surface area contributed by atoms with Gasteiger partial charge in [-0.2, -0.15) is 5.26 Å². The van der Waals surface area contributed by atoms with Crippen molar-refractivity contribution in [2.24, 2.45) is 0 Å². The molecule has 74 valence electrons. The largest absolute Gasteiger partial charge is 0.239 e. The molecule has 2 heterocycles. The van der Waals surface area contributed by atoms with E-state index in [4.69, 9.17) is 5.26 Å². The molecule has 2 aromatic heterocycles. The first-order valence-electron chi connectivity index (χ1n) is 4.75. The van der Waals surface area contributed by atoms with Crippen molar-refractivity contribution < 1.29 is 0 Å². The van der Waals surface area contributed by atoms with Gasteiger partial charge in [-0.1, -0.05) is 6.07 Å². The molecular weight excluding hydrogens is 224 g/mol. The fourth-order valence-electron chi connectivity index (χ4n) is 1.53. The Morgan fingerprint density at radius 2 is 2.27 bits per heavy atom. The van der Waals surface area contributed by atoms with Crippen LogP contribution in [-0.4, -0.2) is 4.98 Å². The van der Waals surface area contributed by atoms with Crippen molar-refractivity contribution in [1.29, 1.82) is 5.26 Å². The van der Waals surface area contributed by atoms with E-state index in [1.165, 1.54) is 4.88 Å². The van der Waals surface area contributed by atoms with Crippen molar-refractivity contribution >= 4 is 22.7 Å². The van der Waals surface area contributed by atoms with Gasteiger partial charge < -0.3 is 0 Å². The highest BCUT2D eigenvalue weighted by Crippen LogP contribution is 2.49. The van der Waals surface area contributed by atoms with Crippen LogP contribution in [0.15, 0.2) is 22.9 Å². The Hall–Kier alpha value is -1.18. The molecule has 1 saturated carbocycles. The van der Waals surface area contributed by atoms with Gasteiger partial charge in [0.1, 0.15) is 10.4 Å². The average molecular weight is 232 g/mol. The van der Waals surface area contributed by atoms with Gasteiger partial charge >= 0.3 is 0 Å². The summed E-state index contributed by atoms with van der Waals surface area (Å²) in [7, 11) is 0. The fraction of sp³-hybridized carbons (Fsp3) is 0.273. The van der Waals surface area contributed by atoms with E-state index in [0.29, 0.717) is 0 Å². The van der Waals surface area contributed by atoms with E-state index in [2.05, 4.69) is 22.5 Å². The molecule has 1 aliphatic rings. The van der Waals surface area contributed by atoms with Gasteiger partial charge in [-0.3, -0.25) is 0 Å². The lowest BCUT2D eigenvalue weighted by atomic mass is 10.1. The molecule has 0 amide bonds. The number of hydrogen-bond acceptors (Lipinski definition) is 4. The molecule has 2 nitrogen and oxygen atoms in total. The first-order valence-corrected chi connectivity index (χ1v) is 6.51. The summed E-state index contributed by atoms with van der Waals surface area (Å²) in [5.41, 5.74) is 0.784. The molecule has 3 rings (SSSR count). The van der Waals surface area contributed by atoms with Crippen molar-refractivity contribution in [3.05, 3.63) is 27.9 Å². The number of rotatable bonds is 2. The van der Waals surface area contributed by atoms with E-state index >= 15 is 0 Å². The molecule has 0 spiro atoms. The Morgan fingerprint density at radius 1 is 1.40 bits per heavy atom.